The molecule has 0 aliphatic carbocycles. The third kappa shape index (κ3) is 6.51. The van der Waals surface area contributed by atoms with Gasteiger partial charge in [-0.2, -0.15) is 0 Å². The van der Waals surface area contributed by atoms with Crippen molar-refractivity contribution in [3.05, 3.63) is 48.4 Å². The van der Waals surface area contributed by atoms with Crippen LogP contribution in [-0.4, -0.2) is 57.9 Å². The van der Waals surface area contributed by atoms with Gasteiger partial charge in [0.1, 0.15) is 11.5 Å². The van der Waals surface area contributed by atoms with Gasteiger partial charge in [-0.25, -0.2) is 0 Å². The number of anilines is 1. The zero-order valence-electron chi connectivity index (χ0n) is 17.4. The molecule has 2 N–H and O–H groups in total. The van der Waals surface area contributed by atoms with E-state index in [1.54, 1.807) is 20.4 Å². The van der Waals surface area contributed by atoms with Crippen LogP contribution in [0.4, 0.5) is 5.69 Å². The molecule has 1 aliphatic heterocycles. The van der Waals surface area contributed by atoms with Gasteiger partial charge in [-0.15, -0.1) is 0 Å². The largest absolute Gasteiger partial charge is 0.493 e. The first kappa shape index (κ1) is 21.2. The Kier molecular flexibility index (Phi) is 8.40. The van der Waals surface area contributed by atoms with E-state index in [-0.39, 0.29) is 6.04 Å². The number of methoxy groups -OCH3 is 1. The van der Waals surface area contributed by atoms with Crippen LogP contribution in [0.25, 0.3) is 0 Å². The molecule has 2 aromatic rings. The summed E-state index contributed by atoms with van der Waals surface area (Å²) < 4.78 is 16.5. The van der Waals surface area contributed by atoms with Crippen molar-refractivity contribution >= 4 is 11.6 Å². The summed E-state index contributed by atoms with van der Waals surface area (Å²) in [6, 6.07) is 12.1. The van der Waals surface area contributed by atoms with Gasteiger partial charge in [0.2, 0.25) is 0 Å². The normalized spacial score (nSPS) is 16.0. The fourth-order valence-electron chi connectivity index (χ4n) is 3.51. The molecule has 0 saturated carbocycles. The molecular formula is C22H32N4O3. The Labute approximate surface area is 173 Å². The number of ether oxygens (including phenoxy) is 2. The fourth-order valence-corrected chi connectivity index (χ4v) is 3.51. The first-order valence-corrected chi connectivity index (χ1v) is 10.3. The maximum atomic E-state index is 5.78. The molecule has 1 aromatic heterocycles. The van der Waals surface area contributed by atoms with Crippen LogP contribution in [0.5, 0.6) is 5.75 Å². The van der Waals surface area contributed by atoms with Crippen LogP contribution in [0.2, 0.25) is 0 Å². The monoisotopic (exact) mass is 400 g/mol. The zero-order valence-corrected chi connectivity index (χ0v) is 17.4. The van der Waals surface area contributed by atoms with Crippen molar-refractivity contribution in [2.75, 3.05) is 52.3 Å². The Morgan fingerprint density at radius 3 is 2.79 bits per heavy atom. The molecule has 7 nitrogen and oxygen atoms in total. The maximum Gasteiger partial charge on any atom is 0.195 e. The van der Waals surface area contributed by atoms with Crippen molar-refractivity contribution < 1.29 is 13.9 Å². The van der Waals surface area contributed by atoms with Gasteiger partial charge in [0, 0.05) is 45.5 Å². The molecule has 0 amide bonds. The van der Waals surface area contributed by atoms with E-state index in [9.17, 15) is 0 Å². The standard InChI is InChI=1S/C22H32N4O3/c1-23-22(25-18-8-5-9-19(16-18)28-15-7-13-27-2)24-17-20(21-10-6-14-29-21)26-11-3-4-12-26/h5-6,8-10,14,16,20H,3-4,7,11-13,15,17H2,1-2H3,(H2,23,24,25). The van der Waals surface area contributed by atoms with E-state index in [0.29, 0.717) is 13.2 Å². The highest BCUT2D eigenvalue weighted by molar-refractivity contribution is 5.93. The maximum absolute atomic E-state index is 5.78. The topological polar surface area (TPSA) is 71.3 Å². The van der Waals surface area contributed by atoms with Crippen LogP contribution in [0.15, 0.2) is 52.1 Å². The van der Waals surface area contributed by atoms with Crippen molar-refractivity contribution in [2.24, 2.45) is 4.99 Å². The highest BCUT2D eigenvalue weighted by atomic mass is 16.5. The van der Waals surface area contributed by atoms with E-state index >= 15 is 0 Å². The zero-order chi connectivity index (χ0) is 20.3. The highest BCUT2D eigenvalue weighted by Gasteiger charge is 2.25. The third-order valence-corrected chi connectivity index (χ3v) is 5.00. The molecule has 7 heteroatoms. The van der Waals surface area contributed by atoms with E-state index < -0.39 is 0 Å². The van der Waals surface area contributed by atoms with Gasteiger partial charge in [0.05, 0.1) is 18.9 Å². The summed E-state index contributed by atoms with van der Waals surface area (Å²) in [7, 11) is 3.47. The van der Waals surface area contributed by atoms with Gasteiger partial charge in [-0.1, -0.05) is 6.07 Å². The number of nitrogens with zero attached hydrogens (tertiary/aromatic N) is 2. The van der Waals surface area contributed by atoms with E-state index in [2.05, 4.69) is 20.5 Å². The van der Waals surface area contributed by atoms with Gasteiger partial charge < -0.3 is 24.5 Å². The lowest BCUT2D eigenvalue weighted by molar-refractivity contribution is 0.172. The molecule has 1 saturated heterocycles. The summed E-state index contributed by atoms with van der Waals surface area (Å²) in [5, 5.41) is 6.79. The first-order valence-electron chi connectivity index (χ1n) is 10.3. The minimum atomic E-state index is 0.196. The molecular weight excluding hydrogens is 368 g/mol. The van der Waals surface area contributed by atoms with E-state index in [1.165, 1.54) is 12.8 Å². The number of rotatable bonds is 10. The van der Waals surface area contributed by atoms with Gasteiger partial charge in [0.25, 0.3) is 0 Å². The Morgan fingerprint density at radius 2 is 2.07 bits per heavy atom. The summed E-state index contributed by atoms with van der Waals surface area (Å²) in [5.74, 6) is 2.53. The average molecular weight is 401 g/mol. The van der Waals surface area contributed by atoms with Crippen LogP contribution in [-0.2, 0) is 4.74 Å². The second-order valence-electron chi connectivity index (χ2n) is 7.08. The van der Waals surface area contributed by atoms with Crippen LogP contribution in [0, 0.1) is 0 Å². The van der Waals surface area contributed by atoms with Crippen molar-refractivity contribution in [1.82, 2.24) is 10.2 Å². The molecule has 1 aromatic carbocycles. The Hall–Kier alpha value is -2.51. The summed E-state index contributed by atoms with van der Waals surface area (Å²) in [5.41, 5.74) is 0.929. The smallest absolute Gasteiger partial charge is 0.195 e. The van der Waals surface area contributed by atoms with Crippen LogP contribution >= 0.6 is 0 Å². The number of guanidine groups is 1. The SMILES string of the molecule is CN=C(NCC(c1ccco1)N1CCCC1)Nc1cccc(OCCCOC)c1. The van der Waals surface area contributed by atoms with E-state index in [4.69, 9.17) is 13.9 Å². The quantitative estimate of drug-likeness (QED) is 0.361. The summed E-state index contributed by atoms with van der Waals surface area (Å²) in [6.07, 6.45) is 5.08. The van der Waals surface area contributed by atoms with Crippen molar-refractivity contribution in [1.29, 1.82) is 0 Å². The van der Waals surface area contributed by atoms with Crippen LogP contribution in [0.3, 0.4) is 0 Å². The minimum absolute atomic E-state index is 0.196. The molecule has 158 valence electrons. The number of hydrogen-bond acceptors (Lipinski definition) is 5. The molecule has 0 bridgehead atoms. The molecule has 1 aliphatic rings. The first-order chi connectivity index (χ1) is 14.3. The molecule has 0 radical (unpaired) electrons. The lowest BCUT2D eigenvalue weighted by Gasteiger charge is -2.26. The van der Waals surface area contributed by atoms with Crippen molar-refractivity contribution in [3.8, 4) is 5.75 Å². The number of hydrogen-bond donors (Lipinski definition) is 2. The molecule has 1 fully saturated rings. The van der Waals surface area contributed by atoms with E-state index in [0.717, 1.165) is 49.2 Å². The van der Waals surface area contributed by atoms with Gasteiger partial charge in [0.15, 0.2) is 5.96 Å². The second-order valence-corrected chi connectivity index (χ2v) is 7.08. The van der Waals surface area contributed by atoms with Gasteiger partial charge in [-0.3, -0.25) is 9.89 Å². The predicted octanol–water partition coefficient (Wildman–Crippen LogP) is 3.52. The lowest BCUT2D eigenvalue weighted by atomic mass is 10.2. The molecule has 1 atom stereocenters. The van der Waals surface area contributed by atoms with Gasteiger partial charge in [-0.05, 0) is 50.2 Å². The number of aliphatic imine (C=N–C) groups is 1. The lowest BCUT2D eigenvalue weighted by Crippen LogP contribution is -2.39. The van der Waals surface area contributed by atoms with Gasteiger partial charge >= 0.3 is 0 Å². The van der Waals surface area contributed by atoms with Crippen molar-refractivity contribution in [3.63, 3.8) is 0 Å². The number of furan rings is 1. The highest BCUT2D eigenvalue weighted by Crippen LogP contribution is 2.25. The molecule has 2 heterocycles. The Bertz CT molecular complexity index is 742. The van der Waals surface area contributed by atoms with Crippen LogP contribution < -0.4 is 15.4 Å². The fraction of sp³-hybridized carbons (Fsp3) is 0.500. The Morgan fingerprint density at radius 1 is 1.21 bits per heavy atom. The van der Waals surface area contributed by atoms with Crippen LogP contribution in [0.1, 0.15) is 31.1 Å². The second kappa shape index (κ2) is 11.5. The number of benzene rings is 1. The molecule has 0 spiro atoms. The minimum Gasteiger partial charge on any atom is -0.493 e. The third-order valence-electron chi connectivity index (χ3n) is 5.00. The number of likely N-dealkylation sites (tertiary alicyclic amines) is 1. The molecule has 1 unspecified atom stereocenters. The summed E-state index contributed by atoms with van der Waals surface area (Å²) in [6.45, 7) is 4.25. The number of nitrogens with one attached hydrogen (secondary N) is 2. The molecule has 3 rings (SSSR count). The molecule has 29 heavy (non-hydrogen) atoms. The van der Waals surface area contributed by atoms with E-state index in [1.807, 2.05) is 36.4 Å². The Balaban J connectivity index is 1.56. The summed E-state index contributed by atoms with van der Waals surface area (Å²) in [4.78, 5) is 6.83. The predicted molar refractivity (Wildman–Crippen MR) is 116 cm³/mol. The van der Waals surface area contributed by atoms with Crippen molar-refractivity contribution in [2.45, 2.75) is 25.3 Å². The average Bonchev–Trinajstić information content (AvgIpc) is 3.46. The summed E-state index contributed by atoms with van der Waals surface area (Å²) >= 11 is 0.